The number of nitrogens with one attached hydrogen (secondary N) is 1. The first-order chi connectivity index (χ1) is 12.8. The molecule has 7 heteroatoms. The molecule has 1 N–H and O–H groups in total. The summed E-state index contributed by atoms with van der Waals surface area (Å²) in [6.45, 7) is 4.98. The number of methoxy groups -OCH3 is 1. The van der Waals surface area contributed by atoms with Crippen molar-refractivity contribution in [3.8, 4) is 11.5 Å². The number of pyridine rings is 1. The van der Waals surface area contributed by atoms with Crippen LogP contribution in [0.1, 0.15) is 29.8 Å². The molecule has 0 saturated carbocycles. The van der Waals surface area contributed by atoms with E-state index in [1.165, 1.54) is 7.11 Å². The highest BCUT2D eigenvalue weighted by Crippen LogP contribution is 2.36. The molecule has 27 heavy (non-hydrogen) atoms. The van der Waals surface area contributed by atoms with Gasteiger partial charge in [0.1, 0.15) is 5.82 Å². The Morgan fingerprint density at radius 2 is 2.04 bits per heavy atom. The summed E-state index contributed by atoms with van der Waals surface area (Å²) in [5.74, 6) is 1.83. The number of anilines is 1. The molecule has 0 aliphatic heterocycles. The number of aromatic nitrogens is 1. The molecule has 0 aliphatic rings. The average molecular weight is 392 g/mol. The Labute approximate surface area is 165 Å². The number of carbonyl (C=O) groups excluding carboxylic acids is 1. The van der Waals surface area contributed by atoms with Crippen molar-refractivity contribution >= 4 is 23.3 Å². The normalized spacial score (nSPS) is 10.6. The molecule has 1 aromatic heterocycles. The third-order valence-corrected chi connectivity index (χ3v) is 4.05. The van der Waals surface area contributed by atoms with Gasteiger partial charge in [-0.1, -0.05) is 25.4 Å². The van der Waals surface area contributed by atoms with E-state index < -0.39 is 0 Å². The lowest BCUT2D eigenvalue weighted by molar-refractivity contribution is 0.0950. The lowest BCUT2D eigenvalue weighted by Gasteiger charge is -2.15. The van der Waals surface area contributed by atoms with Crippen molar-refractivity contribution in [2.45, 2.75) is 20.4 Å². The van der Waals surface area contributed by atoms with E-state index in [-0.39, 0.29) is 5.91 Å². The van der Waals surface area contributed by atoms with Crippen molar-refractivity contribution in [3.05, 3.63) is 46.6 Å². The monoisotopic (exact) mass is 391 g/mol. The minimum atomic E-state index is -0.242. The van der Waals surface area contributed by atoms with Crippen LogP contribution in [0.25, 0.3) is 0 Å². The molecule has 1 amide bonds. The molecule has 0 radical (unpaired) electrons. The molecular weight excluding hydrogens is 366 g/mol. The van der Waals surface area contributed by atoms with E-state index >= 15 is 0 Å². The van der Waals surface area contributed by atoms with Crippen molar-refractivity contribution < 1.29 is 14.3 Å². The highest BCUT2D eigenvalue weighted by Gasteiger charge is 2.16. The summed E-state index contributed by atoms with van der Waals surface area (Å²) in [7, 11) is 5.36. The van der Waals surface area contributed by atoms with E-state index in [1.54, 1.807) is 18.3 Å². The molecule has 0 saturated heterocycles. The van der Waals surface area contributed by atoms with Crippen molar-refractivity contribution in [1.82, 2.24) is 10.3 Å². The molecule has 2 aromatic rings. The highest BCUT2D eigenvalue weighted by molar-refractivity contribution is 6.32. The second-order valence-electron chi connectivity index (χ2n) is 6.79. The molecule has 146 valence electrons. The first-order valence-electron chi connectivity index (χ1n) is 8.72. The minimum absolute atomic E-state index is 0.242. The number of hydrogen-bond donors (Lipinski definition) is 1. The van der Waals surface area contributed by atoms with Crippen LogP contribution in [0.2, 0.25) is 5.02 Å². The van der Waals surface area contributed by atoms with Gasteiger partial charge in [-0.15, -0.1) is 0 Å². The third-order valence-electron chi connectivity index (χ3n) is 3.77. The van der Waals surface area contributed by atoms with Crippen LogP contribution in [0.5, 0.6) is 11.5 Å². The van der Waals surface area contributed by atoms with E-state index in [1.807, 2.05) is 45.0 Å². The molecule has 6 nitrogen and oxygen atoms in total. The van der Waals surface area contributed by atoms with Crippen molar-refractivity contribution in [2.75, 3.05) is 32.7 Å². The van der Waals surface area contributed by atoms with Gasteiger partial charge in [0.05, 0.1) is 18.7 Å². The standard InChI is InChI=1S/C20H26ClN3O3/c1-13(2)12-27-19-16(21)9-15(10-17(19)26-5)20(25)23-11-14-6-7-22-18(8-14)24(3)4/h6-10,13H,11-12H2,1-5H3,(H,23,25). The highest BCUT2D eigenvalue weighted by atomic mass is 35.5. The predicted octanol–water partition coefficient (Wildman–Crippen LogP) is 3.77. The molecule has 0 atom stereocenters. The molecule has 0 bridgehead atoms. The first kappa shape index (κ1) is 20.8. The Hall–Kier alpha value is -2.47. The second-order valence-corrected chi connectivity index (χ2v) is 7.20. The molecule has 0 fully saturated rings. The summed E-state index contributed by atoms with van der Waals surface area (Å²) in [6, 6.07) is 7.02. The number of halogens is 1. The lowest BCUT2D eigenvalue weighted by Crippen LogP contribution is -2.23. The van der Waals surface area contributed by atoms with Gasteiger partial charge >= 0.3 is 0 Å². The number of benzene rings is 1. The number of hydrogen-bond acceptors (Lipinski definition) is 5. The quantitative estimate of drug-likeness (QED) is 0.742. The van der Waals surface area contributed by atoms with Gasteiger partial charge in [-0.3, -0.25) is 4.79 Å². The SMILES string of the molecule is COc1cc(C(=O)NCc2ccnc(N(C)C)c2)cc(Cl)c1OCC(C)C. The van der Waals surface area contributed by atoms with Crippen LogP contribution in [0.4, 0.5) is 5.82 Å². The van der Waals surface area contributed by atoms with Crippen LogP contribution in [0.15, 0.2) is 30.5 Å². The number of rotatable bonds is 8. The number of carbonyl (C=O) groups is 1. The van der Waals surface area contributed by atoms with Gasteiger partial charge in [0.2, 0.25) is 0 Å². The van der Waals surface area contributed by atoms with Gasteiger partial charge in [0, 0.05) is 32.4 Å². The third kappa shape index (κ3) is 5.76. The second kappa shape index (κ2) is 9.46. The van der Waals surface area contributed by atoms with Crippen LogP contribution < -0.4 is 19.7 Å². The Morgan fingerprint density at radius 1 is 1.30 bits per heavy atom. The van der Waals surface area contributed by atoms with Gasteiger partial charge < -0.3 is 19.7 Å². The van der Waals surface area contributed by atoms with E-state index in [9.17, 15) is 4.79 Å². The van der Waals surface area contributed by atoms with Crippen LogP contribution >= 0.6 is 11.6 Å². The van der Waals surface area contributed by atoms with Gasteiger partial charge in [-0.05, 0) is 35.7 Å². The van der Waals surface area contributed by atoms with Crippen LogP contribution in [0, 0.1) is 5.92 Å². The number of amides is 1. The van der Waals surface area contributed by atoms with Gasteiger partial charge in [0.25, 0.3) is 5.91 Å². The zero-order valence-corrected chi connectivity index (χ0v) is 17.1. The van der Waals surface area contributed by atoms with E-state index in [0.29, 0.717) is 41.2 Å². The fraction of sp³-hybridized carbons (Fsp3) is 0.400. The molecule has 0 aliphatic carbocycles. The average Bonchev–Trinajstić information content (AvgIpc) is 2.64. The Bertz CT molecular complexity index is 794. The van der Waals surface area contributed by atoms with E-state index in [0.717, 1.165) is 11.4 Å². The molecular formula is C20H26ClN3O3. The van der Waals surface area contributed by atoms with Gasteiger partial charge in [0.15, 0.2) is 11.5 Å². The fourth-order valence-electron chi connectivity index (χ4n) is 2.34. The molecule has 1 heterocycles. The topological polar surface area (TPSA) is 63.7 Å². The molecule has 0 spiro atoms. The Balaban J connectivity index is 2.12. The maximum Gasteiger partial charge on any atom is 0.251 e. The molecule has 1 aromatic carbocycles. The maximum atomic E-state index is 12.5. The number of nitrogens with zero attached hydrogens (tertiary/aromatic N) is 2. The molecule has 2 rings (SSSR count). The van der Waals surface area contributed by atoms with Crippen molar-refractivity contribution in [3.63, 3.8) is 0 Å². The zero-order chi connectivity index (χ0) is 20.0. The minimum Gasteiger partial charge on any atom is -0.493 e. The Morgan fingerprint density at radius 3 is 2.67 bits per heavy atom. The summed E-state index contributed by atoms with van der Waals surface area (Å²) < 4.78 is 11.1. The van der Waals surface area contributed by atoms with Gasteiger partial charge in [-0.2, -0.15) is 0 Å². The summed E-state index contributed by atoms with van der Waals surface area (Å²) >= 11 is 6.31. The van der Waals surface area contributed by atoms with Crippen molar-refractivity contribution in [1.29, 1.82) is 0 Å². The van der Waals surface area contributed by atoms with Gasteiger partial charge in [-0.25, -0.2) is 4.98 Å². The van der Waals surface area contributed by atoms with E-state index in [4.69, 9.17) is 21.1 Å². The van der Waals surface area contributed by atoms with E-state index in [2.05, 4.69) is 10.3 Å². The molecule has 0 unspecified atom stereocenters. The van der Waals surface area contributed by atoms with Crippen LogP contribution in [0.3, 0.4) is 0 Å². The van der Waals surface area contributed by atoms with Crippen LogP contribution in [-0.2, 0) is 6.54 Å². The lowest BCUT2D eigenvalue weighted by atomic mass is 10.1. The first-order valence-corrected chi connectivity index (χ1v) is 9.10. The predicted molar refractivity (Wildman–Crippen MR) is 108 cm³/mol. The smallest absolute Gasteiger partial charge is 0.251 e. The van der Waals surface area contributed by atoms with Crippen LogP contribution in [-0.4, -0.2) is 38.7 Å². The fourth-order valence-corrected chi connectivity index (χ4v) is 2.61. The Kier molecular flexibility index (Phi) is 7.30. The summed E-state index contributed by atoms with van der Waals surface area (Å²) in [6.07, 6.45) is 1.72. The zero-order valence-electron chi connectivity index (χ0n) is 16.4. The summed E-state index contributed by atoms with van der Waals surface area (Å²) in [5, 5.41) is 3.24. The largest absolute Gasteiger partial charge is 0.493 e. The number of ether oxygens (including phenoxy) is 2. The summed E-state index contributed by atoms with van der Waals surface area (Å²) in [4.78, 5) is 18.7. The maximum absolute atomic E-state index is 12.5. The van der Waals surface area contributed by atoms with Crippen molar-refractivity contribution in [2.24, 2.45) is 5.92 Å². The summed E-state index contributed by atoms with van der Waals surface area (Å²) in [5.41, 5.74) is 1.37.